The van der Waals surface area contributed by atoms with Gasteiger partial charge in [0.1, 0.15) is 5.75 Å². The molecule has 3 aromatic rings. The van der Waals surface area contributed by atoms with Gasteiger partial charge in [-0.3, -0.25) is 4.79 Å². The molecule has 0 atom stereocenters. The zero-order valence-corrected chi connectivity index (χ0v) is 15.6. The van der Waals surface area contributed by atoms with Gasteiger partial charge >= 0.3 is 11.9 Å². The molecule has 1 aromatic heterocycles. The SMILES string of the molecule is COc1ccc2c(c1)c(CC(=O)OCC(=O)O)c(C)n2-c1ccc(Cl)cc1. The molecule has 27 heavy (non-hydrogen) atoms. The Hall–Kier alpha value is -2.99. The molecule has 0 aliphatic heterocycles. The van der Waals surface area contributed by atoms with Crippen molar-refractivity contribution in [1.82, 2.24) is 4.57 Å². The summed E-state index contributed by atoms with van der Waals surface area (Å²) in [6.07, 6.45) is -0.0383. The number of carbonyl (C=O) groups excluding carboxylic acids is 1. The van der Waals surface area contributed by atoms with Crippen molar-refractivity contribution in [2.24, 2.45) is 0 Å². The average Bonchev–Trinajstić information content (AvgIpc) is 2.92. The van der Waals surface area contributed by atoms with Crippen LogP contribution in [0.15, 0.2) is 42.5 Å². The van der Waals surface area contributed by atoms with Crippen molar-refractivity contribution in [3.63, 3.8) is 0 Å². The second kappa shape index (κ2) is 7.72. The number of hydrogen-bond acceptors (Lipinski definition) is 4. The summed E-state index contributed by atoms with van der Waals surface area (Å²) in [5.41, 5.74) is 3.41. The van der Waals surface area contributed by atoms with Gasteiger partial charge in [-0.1, -0.05) is 11.6 Å². The molecule has 0 bridgehead atoms. The van der Waals surface area contributed by atoms with Crippen molar-refractivity contribution in [3.8, 4) is 11.4 Å². The fraction of sp³-hybridized carbons (Fsp3) is 0.200. The van der Waals surface area contributed by atoms with Gasteiger partial charge in [-0.25, -0.2) is 4.79 Å². The molecular formula is C20H18ClNO5. The second-order valence-corrected chi connectivity index (χ2v) is 6.43. The van der Waals surface area contributed by atoms with Crippen LogP contribution in [-0.2, 0) is 20.7 Å². The van der Waals surface area contributed by atoms with Crippen LogP contribution in [0.5, 0.6) is 5.75 Å². The lowest BCUT2D eigenvalue weighted by Gasteiger charge is -2.09. The first-order valence-corrected chi connectivity index (χ1v) is 8.59. The topological polar surface area (TPSA) is 77.8 Å². The van der Waals surface area contributed by atoms with Crippen molar-refractivity contribution in [2.75, 3.05) is 13.7 Å². The maximum absolute atomic E-state index is 12.1. The fourth-order valence-electron chi connectivity index (χ4n) is 3.07. The van der Waals surface area contributed by atoms with E-state index in [4.69, 9.17) is 26.2 Å². The molecule has 140 valence electrons. The van der Waals surface area contributed by atoms with Crippen molar-refractivity contribution >= 4 is 34.4 Å². The van der Waals surface area contributed by atoms with Crippen LogP contribution in [-0.4, -0.2) is 35.3 Å². The van der Waals surface area contributed by atoms with Gasteiger partial charge in [0.2, 0.25) is 0 Å². The molecule has 6 nitrogen and oxygen atoms in total. The molecule has 0 fully saturated rings. The number of hydrogen-bond donors (Lipinski definition) is 1. The summed E-state index contributed by atoms with van der Waals surface area (Å²) < 4.78 is 12.1. The molecule has 7 heteroatoms. The zero-order valence-electron chi connectivity index (χ0n) is 14.9. The number of fused-ring (bicyclic) bond motifs is 1. The molecule has 2 aromatic carbocycles. The van der Waals surface area contributed by atoms with E-state index < -0.39 is 18.5 Å². The summed E-state index contributed by atoms with van der Waals surface area (Å²) in [7, 11) is 1.57. The Bertz CT molecular complexity index is 1010. The van der Waals surface area contributed by atoms with E-state index in [0.29, 0.717) is 10.8 Å². The number of carboxylic acids is 1. The number of aromatic nitrogens is 1. The number of ether oxygens (including phenoxy) is 2. The maximum atomic E-state index is 12.1. The predicted octanol–water partition coefficient (Wildman–Crippen LogP) is 3.77. The normalized spacial score (nSPS) is 10.8. The van der Waals surface area contributed by atoms with E-state index in [9.17, 15) is 9.59 Å². The van der Waals surface area contributed by atoms with E-state index in [1.54, 1.807) is 19.2 Å². The highest BCUT2D eigenvalue weighted by Gasteiger charge is 2.19. The van der Waals surface area contributed by atoms with E-state index in [1.165, 1.54) is 0 Å². The Morgan fingerprint density at radius 1 is 1.15 bits per heavy atom. The van der Waals surface area contributed by atoms with Crippen molar-refractivity contribution in [2.45, 2.75) is 13.3 Å². The number of benzene rings is 2. The highest BCUT2D eigenvalue weighted by Crippen LogP contribution is 2.32. The third-order valence-corrected chi connectivity index (χ3v) is 4.56. The fourth-order valence-corrected chi connectivity index (χ4v) is 3.20. The summed E-state index contributed by atoms with van der Waals surface area (Å²) >= 11 is 6.00. The number of esters is 1. The van der Waals surface area contributed by atoms with Crippen LogP contribution in [0.2, 0.25) is 5.02 Å². The van der Waals surface area contributed by atoms with Gasteiger partial charge in [0.25, 0.3) is 0 Å². The van der Waals surface area contributed by atoms with Crippen LogP contribution in [0, 0.1) is 6.92 Å². The van der Waals surface area contributed by atoms with Crippen LogP contribution < -0.4 is 4.74 Å². The summed E-state index contributed by atoms with van der Waals surface area (Å²) in [6.45, 7) is 1.25. The number of aliphatic carboxylic acids is 1. The molecule has 0 unspecified atom stereocenters. The Kier molecular flexibility index (Phi) is 5.37. The van der Waals surface area contributed by atoms with E-state index >= 15 is 0 Å². The largest absolute Gasteiger partial charge is 0.497 e. The minimum atomic E-state index is -1.19. The molecular weight excluding hydrogens is 370 g/mol. The molecule has 3 rings (SSSR count). The molecule has 0 saturated carbocycles. The summed E-state index contributed by atoms with van der Waals surface area (Å²) in [6, 6.07) is 13.0. The van der Waals surface area contributed by atoms with Gasteiger partial charge in [-0.05, 0) is 55.0 Å². The Morgan fingerprint density at radius 2 is 1.85 bits per heavy atom. The lowest BCUT2D eigenvalue weighted by molar-refractivity contribution is -0.154. The monoisotopic (exact) mass is 387 g/mol. The minimum Gasteiger partial charge on any atom is -0.497 e. The van der Waals surface area contributed by atoms with Gasteiger partial charge < -0.3 is 19.1 Å². The lowest BCUT2D eigenvalue weighted by atomic mass is 10.1. The quantitative estimate of drug-likeness (QED) is 0.651. The molecule has 0 aliphatic rings. The average molecular weight is 388 g/mol. The van der Waals surface area contributed by atoms with Crippen LogP contribution in [0.4, 0.5) is 0 Å². The van der Waals surface area contributed by atoms with Gasteiger partial charge in [-0.15, -0.1) is 0 Å². The first-order valence-electron chi connectivity index (χ1n) is 8.22. The van der Waals surface area contributed by atoms with E-state index in [-0.39, 0.29) is 6.42 Å². The van der Waals surface area contributed by atoms with Crippen LogP contribution in [0.3, 0.4) is 0 Å². The number of carbonyl (C=O) groups is 2. The zero-order chi connectivity index (χ0) is 19.6. The lowest BCUT2D eigenvalue weighted by Crippen LogP contribution is -2.15. The van der Waals surface area contributed by atoms with E-state index in [1.807, 2.05) is 41.8 Å². The number of halogens is 1. The first-order chi connectivity index (χ1) is 12.9. The summed E-state index contributed by atoms with van der Waals surface area (Å²) in [5, 5.41) is 10.2. The first kappa shape index (κ1) is 18.8. The molecule has 1 N–H and O–H groups in total. The van der Waals surface area contributed by atoms with Crippen molar-refractivity contribution in [1.29, 1.82) is 0 Å². The van der Waals surface area contributed by atoms with Gasteiger partial charge in [0.05, 0.1) is 19.0 Å². The number of nitrogens with zero attached hydrogens (tertiary/aromatic N) is 1. The summed E-state index contributed by atoms with van der Waals surface area (Å²) in [4.78, 5) is 22.7. The third kappa shape index (κ3) is 3.90. The minimum absolute atomic E-state index is 0.0383. The van der Waals surface area contributed by atoms with Crippen LogP contribution in [0.25, 0.3) is 16.6 Å². The maximum Gasteiger partial charge on any atom is 0.341 e. The van der Waals surface area contributed by atoms with Gasteiger partial charge in [0.15, 0.2) is 6.61 Å². The molecule has 0 radical (unpaired) electrons. The molecule has 0 saturated heterocycles. The Labute approximate surface area is 160 Å². The second-order valence-electron chi connectivity index (χ2n) is 5.99. The third-order valence-electron chi connectivity index (χ3n) is 4.30. The number of methoxy groups -OCH3 is 1. The molecule has 0 aliphatic carbocycles. The Balaban J connectivity index is 2.11. The standard InChI is InChI=1S/C20H18ClNO5/c1-12-16(10-20(25)27-11-19(23)24)17-9-15(26-2)7-8-18(17)22(12)14-5-3-13(21)4-6-14/h3-9H,10-11H2,1-2H3,(H,23,24). The molecule has 0 spiro atoms. The van der Waals surface area contributed by atoms with Crippen molar-refractivity contribution < 1.29 is 24.2 Å². The van der Waals surface area contributed by atoms with Crippen LogP contribution in [0.1, 0.15) is 11.3 Å². The predicted molar refractivity (Wildman–Crippen MR) is 102 cm³/mol. The summed E-state index contributed by atoms with van der Waals surface area (Å²) in [5.74, 6) is -1.13. The van der Waals surface area contributed by atoms with Crippen molar-refractivity contribution in [3.05, 3.63) is 58.7 Å². The Morgan fingerprint density at radius 3 is 2.48 bits per heavy atom. The molecule has 0 amide bonds. The number of rotatable bonds is 6. The highest BCUT2D eigenvalue weighted by molar-refractivity contribution is 6.30. The van der Waals surface area contributed by atoms with Gasteiger partial charge in [0, 0.05) is 21.8 Å². The smallest absolute Gasteiger partial charge is 0.341 e. The van der Waals surface area contributed by atoms with Gasteiger partial charge in [-0.2, -0.15) is 0 Å². The highest BCUT2D eigenvalue weighted by atomic mass is 35.5. The number of carboxylic acid groups (broad SMARTS) is 1. The molecule has 1 heterocycles. The van der Waals surface area contributed by atoms with Crippen LogP contribution >= 0.6 is 11.6 Å². The van der Waals surface area contributed by atoms with E-state index in [2.05, 4.69) is 0 Å². The van der Waals surface area contributed by atoms with E-state index in [0.717, 1.165) is 27.8 Å².